The summed E-state index contributed by atoms with van der Waals surface area (Å²) < 4.78 is 113. The molecule has 0 atom stereocenters. The molecule has 3 N–H and O–H groups in total. The smallest absolute Gasteiger partial charge is 0.412 e. The first-order chi connectivity index (χ1) is 6.31. The molecule has 0 unspecified atom stereocenters. The highest BCUT2D eigenvalue weighted by Gasteiger charge is 2.82. The second-order valence-corrected chi connectivity index (χ2v) is 2.95. The summed E-state index contributed by atoms with van der Waals surface area (Å²) >= 11 is -2.09. The first-order valence-electron chi connectivity index (χ1n) is 2.84. The fourth-order valence-corrected chi connectivity index (χ4v) is 0.661. The molecule has 0 amide bonds. The topological polar surface area (TPSA) is 51.7 Å². The molecule has 0 bridgehead atoms. The lowest BCUT2D eigenvalue weighted by atomic mass is 10.1. The van der Waals surface area contributed by atoms with E-state index in [1.54, 1.807) is 0 Å². The molecular weight excluding hydrogens is 302 g/mol. The molecule has 0 radical (unpaired) electrons. The summed E-state index contributed by atoms with van der Waals surface area (Å²) in [6.07, 6.45) is -6.85. The molecule has 0 rings (SSSR count). The average Bonchev–Trinajstić information content (AvgIpc) is 2.01. The molecule has 108 valence electrons. The van der Waals surface area contributed by atoms with Crippen LogP contribution in [0.2, 0.25) is 0 Å². The lowest BCUT2D eigenvalue weighted by molar-refractivity contribution is -0.381. The van der Waals surface area contributed by atoms with Crippen LogP contribution in [-0.4, -0.2) is 33.3 Å². The van der Waals surface area contributed by atoms with Gasteiger partial charge in [-0.2, -0.15) is 39.5 Å². The van der Waals surface area contributed by atoms with Gasteiger partial charge in [0.1, 0.15) is 0 Å². The molecule has 17 heavy (non-hydrogen) atoms. The van der Waals surface area contributed by atoms with Gasteiger partial charge in [-0.1, -0.05) is 0 Å². The van der Waals surface area contributed by atoms with E-state index in [1.165, 1.54) is 0 Å². The quantitative estimate of drug-likeness (QED) is 0.644. The van der Waals surface area contributed by atoms with Crippen molar-refractivity contribution >= 4 is 12.0 Å². The second kappa shape index (κ2) is 5.48. The van der Waals surface area contributed by atoms with E-state index < -0.39 is 35.3 Å². The standard InChI is InChI=1S/C4HF9OS.FH.H2O/c5-1(6,3(9,10)11)2(7,8)4(12,13)15-14;;/h14H;1H;1H2. The van der Waals surface area contributed by atoms with Crippen molar-refractivity contribution in [3.8, 4) is 0 Å². The van der Waals surface area contributed by atoms with Gasteiger partial charge in [-0.25, -0.2) is 0 Å². The first-order valence-corrected chi connectivity index (χ1v) is 3.61. The third-order valence-corrected chi connectivity index (χ3v) is 1.72. The predicted octanol–water partition coefficient (Wildman–Crippen LogP) is 2.95. The van der Waals surface area contributed by atoms with E-state index in [2.05, 4.69) is 0 Å². The molecule has 0 aromatic carbocycles. The summed E-state index contributed by atoms with van der Waals surface area (Å²) in [5, 5.41) is -5.95. The minimum absolute atomic E-state index is 0. The summed E-state index contributed by atoms with van der Waals surface area (Å²) in [7, 11) is 0. The van der Waals surface area contributed by atoms with E-state index in [-0.39, 0.29) is 10.2 Å². The zero-order chi connectivity index (χ0) is 12.7. The number of alkyl halides is 9. The summed E-state index contributed by atoms with van der Waals surface area (Å²) in [5.74, 6) is -13.7. The van der Waals surface area contributed by atoms with Gasteiger partial charge in [0.2, 0.25) is 0 Å². The second-order valence-electron chi connectivity index (χ2n) is 2.25. The molecule has 0 saturated heterocycles. The van der Waals surface area contributed by atoms with Crippen LogP contribution in [-0.2, 0) is 0 Å². The number of hydrogen-bond donors (Lipinski definition) is 1. The maximum Gasteiger partial charge on any atom is 0.460 e. The Kier molecular flexibility index (Phi) is 7.03. The van der Waals surface area contributed by atoms with Gasteiger partial charge in [-0.3, -0.25) is 4.70 Å². The largest absolute Gasteiger partial charge is 0.460 e. The van der Waals surface area contributed by atoms with Crippen LogP contribution in [0.1, 0.15) is 0 Å². The Hall–Kier alpha value is -0.430. The van der Waals surface area contributed by atoms with E-state index >= 15 is 0 Å². The van der Waals surface area contributed by atoms with Crippen molar-refractivity contribution in [1.29, 1.82) is 0 Å². The zero-order valence-electron chi connectivity index (χ0n) is 7.17. The van der Waals surface area contributed by atoms with Crippen LogP contribution in [0.4, 0.5) is 44.2 Å². The average molecular weight is 306 g/mol. The molecule has 0 spiro atoms. The highest BCUT2D eigenvalue weighted by Crippen LogP contribution is 2.55. The Balaban J connectivity index is -0.000000980. The Morgan fingerprint density at radius 3 is 1.18 bits per heavy atom. The maximum atomic E-state index is 12.1. The van der Waals surface area contributed by atoms with Gasteiger partial charge < -0.3 is 10.0 Å². The van der Waals surface area contributed by atoms with E-state index in [1.807, 2.05) is 0 Å². The monoisotopic (exact) mass is 306 g/mol. The number of halogens is 10. The fourth-order valence-electron chi connectivity index (χ4n) is 0.418. The number of hydrogen-bond acceptors (Lipinski definition) is 2. The highest BCUT2D eigenvalue weighted by molar-refractivity contribution is 7.94. The third-order valence-electron chi connectivity index (χ3n) is 1.23. The van der Waals surface area contributed by atoms with Crippen LogP contribution >= 0.6 is 12.0 Å². The summed E-state index contributed by atoms with van der Waals surface area (Å²) in [6, 6.07) is 0. The van der Waals surface area contributed by atoms with Crippen molar-refractivity contribution in [2.45, 2.75) is 23.3 Å². The third kappa shape index (κ3) is 3.28. The summed E-state index contributed by atoms with van der Waals surface area (Å²) in [6.45, 7) is 0. The molecule has 0 aliphatic rings. The molecule has 0 aliphatic heterocycles. The molecule has 0 aromatic rings. The van der Waals surface area contributed by atoms with E-state index in [9.17, 15) is 39.5 Å². The first kappa shape index (κ1) is 21.8. The minimum Gasteiger partial charge on any atom is -0.412 e. The van der Waals surface area contributed by atoms with Crippen molar-refractivity contribution in [3.63, 3.8) is 0 Å². The molecule has 0 aliphatic carbocycles. The van der Waals surface area contributed by atoms with Crippen LogP contribution in [0.25, 0.3) is 0 Å². The Labute approximate surface area is 90.7 Å². The molecule has 2 nitrogen and oxygen atoms in total. The van der Waals surface area contributed by atoms with Gasteiger partial charge in [-0.05, 0) is 0 Å². The maximum absolute atomic E-state index is 12.1. The molecule has 0 aromatic heterocycles. The van der Waals surface area contributed by atoms with Gasteiger partial charge in [-0.15, -0.1) is 0 Å². The van der Waals surface area contributed by atoms with Crippen molar-refractivity contribution in [2.75, 3.05) is 0 Å². The number of rotatable bonds is 3. The predicted molar refractivity (Wildman–Crippen MR) is 37.2 cm³/mol. The zero-order valence-corrected chi connectivity index (χ0v) is 7.98. The van der Waals surface area contributed by atoms with Crippen molar-refractivity contribution in [1.82, 2.24) is 0 Å². The SMILES string of the molecule is F.O.OSC(F)(F)C(F)(F)C(F)(F)C(F)(F)F. The fraction of sp³-hybridized carbons (Fsp3) is 1.00. The van der Waals surface area contributed by atoms with E-state index in [4.69, 9.17) is 4.55 Å². The molecule has 13 heteroatoms. The highest BCUT2D eigenvalue weighted by atomic mass is 32.2. The minimum atomic E-state index is -6.95. The van der Waals surface area contributed by atoms with Crippen molar-refractivity contribution < 1.29 is 54.2 Å². The van der Waals surface area contributed by atoms with E-state index in [0.717, 1.165) is 0 Å². The van der Waals surface area contributed by atoms with Crippen LogP contribution in [0.5, 0.6) is 0 Å². The van der Waals surface area contributed by atoms with Gasteiger partial charge >= 0.3 is 23.3 Å². The normalized spacial score (nSPS) is 13.8. The summed E-state index contributed by atoms with van der Waals surface area (Å²) in [4.78, 5) is 0. The van der Waals surface area contributed by atoms with Gasteiger partial charge in [0.15, 0.2) is 0 Å². The molecule has 0 saturated carbocycles. The Morgan fingerprint density at radius 2 is 1.00 bits per heavy atom. The lowest BCUT2D eigenvalue weighted by Gasteiger charge is -2.31. The lowest BCUT2D eigenvalue weighted by Crippen LogP contribution is -2.59. The van der Waals surface area contributed by atoms with E-state index in [0.29, 0.717) is 0 Å². The molecule has 0 fully saturated rings. The van der Waals surface area contributed by atoms with Crippen LogP contribution in [0.3, 0.4) is 0 Å². The van der Waals surface area contributed by atoms with Crippen molar-refractivity contribution in [3.05, 3.63) is 0 Å². The summed E-state index contributed by atoms with van der Waals surface area (Å²) in [5.41, 5.74) is 0. The van der Waals surface area contributed by atoms with Gasteiger partial charge in [0.25, 0.3) is 0 Å². The van der Waals surface area contributed by atoms with Crippen LogP contribution < -0.4 is 0 Å². The van der Waals surface area contributed by atoms with Gasteiger partial charge in [0.05, 0.1) is 12.0 Å². The van der Waals surface area contributed by atoms with Gasteiger partial charge in [0, 0.05) is 0 Å². The van der Waals surface area contributed by atoms with Crippen molar-refractivity contribution in [2.24, 2.45) is 0 Å². The Bertz CT molecular complexity index is 237. The Morgan fingerprint density at radius 1 is 0.706 bits per heavy atom. The van der Waals surface area contributed by atoms with Crippen LogP contribution in [0.15, 0.2) is 0 Å². The molecular formula is C4H4F10O2S. The van der Waals surface area contributed by atoms with Crippen LogP contribution in [0, 0.1) is 0 Å². The molecule has 0 heterocycles.